The molecule has 14 rings (SSSR count). The quantitative estimate of drug-likeness (QED) is 0.135. The number of rotatable bonds is 10. The molecule has 3 aliphatic rings. The molecular formula is C74H52N2. The van der Waals surface area contributed by atoms with Gasteiger partial charge in [-0.1, -0.05) is 231 Å². The molecule has 1 spiro atoms. The first-order valence-electron chi connectivity index (χ1n) is 26.4. The second-order valence-corrected chi connectivity index (χ2v) is 19.9. The molecule has 2 heteroatoms. The molecule has 0 saturated carbocycles. The van der Waals surface area contributed by atoms with Gasteiger partial charge in [0.2, 0.25) is 0 Å². The Labute approximate surface area is 445 Å². The molecule has 1 unspecified atom stereocenters. The minimum atomic E-state index is -0.617. The van der Waals surface area contributed by atoms with Crippen LogP contribution in [0.15, 0.2) is 309 Å². The topological polar surface area (TPSA) is 6.48 Å². The van der Waals surface area contributed by atoms with Gasteiger partial charge in [0.1, 0.15) is 0 Å². The highest BCUT2D eigenvalue weighted by Crippen LogP contribution is 2.64. The molecular weight excluding hydrogens is 917 g/mol. The van der Waals surface area contributed by atoms with Crippen LogP contribution in [-0.2, 0) is 5.41 Å². The lowest BCUT2D eigenvalue weighted by molar-refractivity contribution is 0.785. The summed E-state index contributed by atoms with van der Waals surface area (Å²) in [7, 11) is 0. The van der Waals surface area contributed by atoms with E-state index in [1.54, 1.807) is 0 Å². The fourth-order valence-corrected chi connectivity index (χ4v) is 12.2. The van der Waals surface area contributed by atoms with Gasteiger partial charge in [0.15, 0.2) is 0 Å². The summed E-state index contributed by atoms with van der Waals surface area (Å²) in [5.74, 6) is 0. The minimum Gasteiger partial charge on any atom is -0.310 e. The van der Waals surface area contributed by atoms with Crippen LogP contribution in [0, 0.1) is 0 Å². The molecule has 2 nitrogen and oxygen atoms in total. The Morgan fingerprint density at radius 2 is 0.566 bits per heavy atom. The van der Waals surface area contributed by atoms with Crippen molar-refractivity contribution in [3.8, 4) is 55.6 Å². The lowest BCUT2D eigenvalue weighted by Crippen LogP contribution is -2.27. The Morgan fingerprint density at radius 1 is 0.250 bits per heavy atom. The van der Waals surface area contributed by atoms with Gasteiger partial charge in [-0.15, -0.1) is 0 Å². The molecule has 0 aromatic heterocycles. The molecule has 3 aliphatic carbocycles. The van der Waals surface area contributed by atoms with E-state index >= 15 is 0 Å². The molecule has 11 aromatic rings. The largest absolute Gasteiger partial charge is 0.310 e. The molecule has 0 heterocycles. The van der Waals surface area contributed by atoms with Crippen molar-refractivity contribution in [3.05, 3.63) is 331 Å². The third-order valence-electron chi connectivity index (χ3n) is 15.7. The zero-order chi connectivity index (χ0) is 50.4. The van der Waals surface area contributed by atoms with E-state index in [9.17, 15) is 0 Å². The fourth-order valence-electron chi connectivity index (χ4n) is 12.2. The van der Waals surface area contributed by atoms with Crippen molar-refractivity contribution in [3.63, 3.8) is 0 Å². The summed E-state index contributed by atoms with van der Waals surface area (Å²) in [6, 6.07) is 102. The van der Waals surface area contributed by atoms with Gasteiger partial charge >= 0.3 is 0 Å². The van der Waals surface area contributed by atoms with Crippen LogP contribution < -0.4 is 9.80 Å². The van der Waals surface area contributed by atoms with E-state index in [1.165, 1.54) is 89.0 Å². The zero-order valence-electron chi connectivity index (χ0n) is 42.0. The van der Waals surface area contributed by atoms with E-state index in [2.05, 4.69) is 313 Å². The third-order valence-corrected chi connectivity index (χ3v) is 15.7. The number of fused-ring (bicyclic) bond motifs is 9. The van der Waals surface area contributed by atoms with Crippen LogP contribution in [0.1, 0.15) is 28.7 Å². The molecule has 11 aromatic carbocycles. The highest BCUT2D eigenvalue weighted by Gasteiger charge is 2.52. The number of hydrogen-bond acceptors (Lipinski definition) is 2. The monoisotopic (exact) mass is 968 g/mol. The maximum Gasteiger partial charge on any atom is 0.0726 e. The van der Waals surface area contributed by atoms with Gasteiger partial charge in [0.05, 0.1) is 5.41 Å². The highest BCUT2D eigenvalue weighted by molar-refractivity contribution is 6.00. The Kier molecular flexibility index (Phi) is 11.2. The number of allylic oxidation sites excluding steroid dienone is 6. The van der Waals surface area contributed by atoms with Crippen molar-refractivity contribution in [2.45, 2.75) is 11.8 Å². The van der Waals surface area contributed by atoms with Crippen LogP contribution in [0.25, 0.3) is 61.2 Å². The van der Waals surface area contributed by atoms with Crippen molar-refractivity contribution in [1.82, 2.24) is 0 Å². The maximum absolute atomic E-state index is 2.50. The molecule has 0 amide bonds. The Hall–Kier alpha value is -9.76. The summed E-state index contributed by atoms with van der Waals surface area (Å²) in [5.41, 5.74) is 25.8. The van der Waals surface area contributed by atoms with Gasteiger partial charge in [-0.25, -0.2) is 0 Å². The van der Waals surface area contributed by atoms with E-state index < -0.39 is 5.41 Å². The highest BCUT2D eigenvalue weighted by atomic mass is 15.1. The van der Waals surface area contributed by atoms with Crippen LogP contribution in [0.5, 0.6) is 0 Å². The molecule has 0 N–H and O–H groups in total. The number of hydrogen-bond donors (Lipinski definition) is 0. The van der Waals surface area contributed by atoms with Gasteiger partial charge < -0.3 is 9.80 Å². The number of anilines is 6. The third kappa shape index (κ3) is 7.65. The van der Waals surface area contributed by atoms with Crippen molar-refractivity contribution in [1.29, 1.82) is 0 Å². The van der Waals surface area contributed by atoms with Gasteiger partial charge in [-0.05, 0) is 168 Å². The molecule has 0 bridgehead atoms. The van der Waals surface area contributed by atoms with Crippen LogP contribution in [0.4, 0.5) is 34.1 Å². The summed E-state index contributed by atoms with van der Waals surface area (Å²) >= 11 is 0. The van der Waals surface area contributed by atoms with E-state index in [1.807, 2.05) is 0 Å². The first-order chi connectivity index (χ1) is 37.7. The Morgan fingerprint density at radius 3 is 0.987 bits per heavy atom. The summed E-state index contributed by atoms with van der Waals surface area (Å²) in [4.78, 5) is 4.87. The first-order valence-corrected chi connectivity index (χ1v) is 26.4. The molecule has 0 saturated heterocycles. The average molecular weight is 969 g/mol. The number of benzene rings is 11. The van der Waals surface area contributed by atoms with Crippen molar-refractivity contribution >= 4 is 39.7 Å². The lowest BCUT2D eigenvalue weighted by atomic mass is 9.69. The predicted octanol–water partition coefficient (Wildman–Crippen LogP) is 19.9. The zero-order valence-corrected chi connectivity index (χ0v) is 42.0. The van der Waals surface area contributed by atoms with Gasteiger partial charge in [-0.2, -0.15) is 0 Å². The molecule has 76 heavy (non-hydrogen) atoms. The molecule has 0 fully saturated rings. The van der Waals surface area contributed by atoms with E-state index in [4.69, 9.17) is 0 Å². The van der Waals surface area contributed by atoms with Gasteiger partial charge in [-0.3, -0.25) is 0 Å². The number of nitrogens with zero attached hydrogens (tertiary/aromatic N) is 2. The van der Waals surface area contributed by atoms with Gasteiger partial charge in [0, 0.05) is 34.1 Å². The standard InChI is InChI=1S/C74H52N2/c1-6-18-52(19-7-1)56-30-38-60(39-31-56)75(61-40-32-57(33-41-61)53-20-8-2-9-21-53)64-46-48-68-66-26-14-5-15-28-70(66)74(72(68)50-64)71-29-17-16-27-67(71)69-49-47-65(51-73(69)74)76(62-42-34-58(35-43-62)54-22-10-3-11-23-54)63-44-36-59(37-45-63)55-24-12-4-13-25-55/h1-4,6-51H,5H2. The average Bonchev–Trinajstić information content (AvgIpc) is 4.06. The van der Waals surface area contributed by atoms with Gasteiger partial charge in [0.25, 0.3) is 0 Å². The normalized spacial score (nSPS) is 14.7. The van der Waals surface area contributed by atoms with Crippen LogP contribution in [0.2, 0.25) is 0 Å². The second-order valence-electron chi connectivity index (χ2n) is 19.9. The molecule has 0 aliphatic heterocycles. The first kappa shape index (κ1) is 44.9. The Balaban J connectivity index is 0.961. The van der Waals surface area contributed by atoms with Crippen LogP contribution >= 0.6 is 0 Å². The second kappa shape index (κ2) is 18.9. The lowest BCUT2D eigenvalue weighted by Gasteiger charge is -2.34. The smallest absolute Gasteiger partial charge is 0.0726 e. The minimum absolute atomic E-state index is 0.617. The Bertz CT molecular complexity index is 3840. The predicted molar refractivity (Wildman–Crippen MR) is 319 cm³/mol. The van der Waals surface area contributed by atoms with Crippen molar-refractivity contribution in [2.24, 2.45) is 0 Å². The molecule has 358 valence electrons. The van der Waals surface area contributed by atoms with Crippen LogP contribution in [0.3, 0.4) is 0 Å². The maximum atomic E-state index is 2.50. The van der Waals surface area contributed by atoms with Crippen molar-refractivity contribution < 1.29 is 0 Å². The molecule has 0 radical (unpaired) electrons. The molecule has 1 atom stereocenters. The van der Waals surface area contributed by atoms with E-state index in [-0.39, 0.29) is 0 Å². The van der Waals surface area contributed by atoms with Crippen LogP contribution in [-0.4, -0.2) is 0 Å². The SMILES string of the molecule is C1=CC2=C(C=CC1)C1(c3cc(N(c4ccc(-c5ccccc5)cc4)c4ccc(-c5ccccc5)cc4)ccc32)c2ccccc2-c2ccc(N(c3ccc(-c4ccccc4)cc3)c3ccc(-c4ccccc4)cc3)cc21. The summed E-state index contributed by atoms with van der Waals surface area (Å²) in [6.45, 7) is 0. The summed E-state index contributed by atoms with van der Waals surface area (Å²) in [6.07, 6.45) is 10.4. The summed E-state index contributed by atoms with van der Waals surface area (Å²) < 4.78 is 0. The van der Waals surface area contributed by atoms with E-state index in [0.717, 1.165) is 40.5 Å². The van der Waals surface area contributed by atoms with E-state index in [0.29, 0.717) is 0 Å². The fraction of sp³-hybridized carbons (Fsp3) is 0.0270. The van der Waals surface area contributed by atoms with Crippen molar-refractivity contribution in [2.75, 3.05) is 9.80 Å². The summed E-state index contributed by atoms with van der Waals surface area (Å²) in [5, 5.41) is 0.